The first-order valence-corrected chi connectivity index (χ1v) is 5.87. The predicted octanol–water partition coefficient (Wildman–Crippen LogP) is -2.41. The van der Waals surface area contributed by atoms with Crippen molar-refractivity contribution in [2.75, 3.05) is 19.8 Å². The van der Waals surface area contributed by atoms with E-state index in [0.717, 1.165) is 0 Å². The van der Waals surface area contributed by atoms with Gasteiger partial charge in [0, 0.05) is 18.8 Å². The number of rotatable bonds is 4. The summed E-state index contributed by atoms with van der Waals surface area (Å²) in [7, 11) is 0. The number of aliphatic carboxylic acids is 1. The summed E-state index contributed by atoms with van der Waals surface area (Å²) in [6, 6.07) is 0. The summed E-state index contributed by atoms with van der Waals surface area (Å²) in [5.41, 5.74) is 0. The van der Waals surface area contributed by atoms with Gasteiger partial charge in [0.2, 0.25) is 0 Å². The molecule has 0 bridgehead atoms. The molecule has 6 nitrogen and oxygen atoms in total. The second-order valence-electron chi connectivity index (χ2n) is 2.70. The van der Waals surface area contributed by atoms with Gasteiger partial charge in [-0.2, -0.15) is 0 Å². The number of hydrogen-bond donors (Lipinski definition) is 0. The molecule has 0 aliphatic rings. The maximum atomic E-state index is 10.4. The minimum Gasteiger partial charge on any atom is -0.855 e. The van der Waals surface area contributed by atoms with Crippen LogP contribution in [0.2, 0.25) is 0 Å². The van der Waals surface area contributed by atoms with Gasteiger partial charge < -0.3 is 25.2 Å². The molecular weight excluding hydrogens is 288 g/mol. The largest absolute Gasteiger partial charge is 4.00 e. The average Bonchev–Trinajstić information content (AvgIpc) is 2.19. The Labute approximate surface area is 130 Å². The Morgan fingerprint density at radius 2 is 1.11 bits per heavy atom. The van der Waals surface area contributed by atoms with Crippen molar-refractivity contribution in [3.8, 4) is 0 Å². The Morgan fingerprint density at radius 1 is 0.842 bits per heavy atom. The molecule has 0 saturated carbocycles. The molecule has 0 fully saturated rings. The quantitative estimate of drug-likeness (QED) is 0.420. The number of carbonyl (C=O) groups is 2. The first-order chi connectivity index (χ1) is 8.41. The smallest absolute Gasteiger partial charge is 0.855 e. The average molecular weight is 312 g/mol. The van der Waals surface area contributed by atoms with Crippen LogP contribution in [0.25, 0.3) is 0 Å². The van der Waals surface area contributed by atoms with Gasteiger partial charge in [-0.1, -0.05) is 27.7 Å². The Bertz CT molecular complexity index is 160. The van der Waals surface area contributed by atoms with Crippen molar-refractivity contribution in [3.05, 3.63) is 0 Å². The van der Waals surface area contributed by atoms with Crippen molar-refractivity contribution in [2.45, 2.75) is 47.0 Å². The van der Waals surface area contributed by atoms with Gasteiger partial charge in [-0.3, -0.25) is 4.79 Å². The number of hydrogen-bond acceptors (Lipinski definition) is 6. The Morgan fingerprint density at radius 3 is 1.26 bits per heavy atom. The van der Waals surface area contributed by atoms with Gasteiger partial charge in [-0.15, -0.1) is 19.8 Å². The number of carboxylic acids is 1. The molecule has 0 aliphatic heterocycles. The first-order valence-electron chi connectivity index (χ1n) is 5.87. The maximum absolute atomic E-state index is 10.4. The van der Waals surface area contributed by atoms with E-state index in [1.807, 2.05) is 6.92 Å². The summed E-state index contributed by atoms with van der Waals surface area (Å²) in [6.07, 6.45) is 0.605. The predicted molar refractivity (Wildman–Crippen MR) is 61.2 cm³/mol. The monoisotopic (exact) mass is 312 g/mol. The number of carboxylic acid groups (broad SMARTS) is 1. The van der Waals surface area contributed by atoms with Crippen LogP contribution in [-0.4, -0.2) is 31.6 Å². The molecule has 0 atom stereocenters. The Kier molecular flexibility index (Phi) is 59.3. The van der Waals surface area contributed by atoms with Gasteiger partial charge in [-0.05, 0) is 6.42 Å². The van der Waals surface area contributed by atoms with E-state index in [1.165, 1.54) is 0 Å². The summed E-state index contributed by atoms with van der Waals surface area (Å²) in [5, 5.41) is 36.5. The van der Waals surface area contributed by atoms with E-state index in [-0.39, 0.29) is 47.3 Å². The van der Waals surface area contributed by atoms with Crippen molar-refractivity contribution in [3.63, 3.8) is 0 Å². The molecule has 0 aromatic rings. The molecule has 0 spiro atoms. The molecule has 0 saturated heterocycles. The second-order valence-corrected chi connectivity index (χ2v) is 2.70. The van der Waals surface area contributed by atoms with Crippen molar-refractivity contribution in [2.24, 2.45) is 0 Å². The van der Waals surface area contributed by atoms with Crippen LogP contribution in [0.4, 0.5) is 0 Å². The molecule has 0 radical (unpaired) electrons. The molecule has 0 aliphatic carbocycles. The van der Waals surface area contributed by atoms with Gasteiger partial charge >= 0.3 is 21.7 Å². The van der Waals surface area contributed by atoms with Crippen LogP contribution in [0, 0.1) is 0 Å². The van der Waals surface area contributed by atoms with Crippen LogP contribution < -0.4 is 20.4 Å². The molecular formula is C12H24O6Ti. The van der Waals surface area contributed by atoms with Crippen molar-refractivity contribution < 1.29 is 51.7 Å². The summed E-state index contributed by atoms with van der Waals surface area (Å²) < 4.78 is 0. The Balaban J connectivity index is -0.0000000548. The molecule has 19 heavy (non-hydrogen) atoms. The molecule has 0 unspecified atom stereocenters. The van der Waals surface area contributed by atoms with Gasteiger partial charge in [0.1, 0.15) is 5.78 Å². The van der Waals surface area contributed by atoms with Crippen LogP contribution in [0.3, 0.4) is 0 Å². The fraction of sp³-hybridized carbons (Fsp3) is 0.833. The zero-order chi connectivity index (χ0) is 15.4. The van der Waals surface area contributed by atoms with Crippen LogP contribution in [0.15, 0.2) is 0 Å². The van der Waals surface area contributed by atoms with E-state index in [4.69, 9.17) is 15.3 Å². The SMILES string of the molecule is CCCC(=O)CC(=O)[O-].CC[O-].CC[O-].CC[O-].[Ti+4]. The molecule has 0 aromatic carbocycles. The fourth-order valence-corrected chi connectivity index (χ4v) is 0.528. The normalized spacial score (nSPS) is 7.11. The van der Waals surface area contributed by atoms with Crippen LogP contribution in [0.1, 0.15) is 47.0 Å². The van der Waals surface area contributed by atoms with E-state index in [2.05, 4.69) is 0 Å². The van der Waals surface area contributed by atoms with E-state index in [0.29, 0.717) is 12.8 Å². The van der Waals surface area contributed by atoms with Crippen molar-refractivity contribution in [1.29, 1.82) is 0 Å². The second kappa shape index (κ2) is 36.1. The zero-order valence-electron chi connectivity index (χ0n) is 12.2. The Hall–Kier alpha value is -0.266. The topological polar surface area (TPSA) is 126 Å². The van der Waals surface area contributed by atoms with Gasteiger partial charge in [-0.25, -0.2) is 0 Å². The first kappa shape index (κ1) is 31.2. The third kappa shape index (κ3) is 96.8. The van der Waals surface area contributed by atoms with Gasteiger partial charge in [0.05, 0.1) is 0 Å². The van der Waals surface area contributed by atoms with E-state index in [1.54, 1.807) is 20.8 Å². The minimum absolute atomic E-state index is 0. The standard InChI is InChI=1S/C6H10O3.3C2H5O.Ti/c1-2-3-5(7)4-6(8)9;3*1-2-3;/h2-4H2,1H3,(H,8,9);3*2H2,1H3;/q;3*-1;+4/p-1. The van der Waals surface area contributed by atoms with Gasteiger partial charge in [0.15, 0.2) is 0 Å². The summed E-state index contributed by atoms with van der Waals surface area (Å²) in [6.45, 7) is 6.53. The van der Waals surface area contributed by atoms with Crippen LogP contribution in [0.5, 0.6) is 0 Å². The molecule has 0 amide bonds. The summed E-state index contributed by atoms with van der Waals surface area (Å²) in [4.78, 5) is 20.2. The molecule has 0 rings (SSSR count). The summed E-state index contributed by atoms with van der Waals surface area (Å²) >= 11 is 0. The minimum atomic E-state index is -1.28. The number of ketones is 1. The summed E-state index contributed by atoms with van der Waals surface area (Å²) in [5.74, 6) is -1.54. The number of carbonyl (C=O) groups excluding carboxylic acids is 2. The maximum Gasteiger partial charge on any atom is 4.00 e. The molecule has 0 heterocycles. The van der Waals surface area contributed by atoms with E-state index >= 15 is 0 Å². The van der Waals surface area contributed by atoms with E-state index < -0.39 is 12.4 Å². The van der Waals surface area contributed by atoms with Crippen LogP contribution >= 0.6 is 0 Å². The molecule has 7 heteroatoms. The zero-order valence-corrected chi connectivity index (χ0v) is 13.8. The molecule has 0 N–H and O–H groups in total. The molecule has 112 valence electrons. The fourth-order valence-electron chi connectivity index (χ4n) is 0.528. The molecule has 0 aromatic heterocycles. The van der Waals surface area contributed by atoms with E-state index in [9.17, 15) is 14.7 Å². The van der Waals surface area contributed by atoms with Crippen LogP contribution in [-0.2, 0) is 31.3 Å². The number of Topliss-reactive ketones (excluding diaryl/α,β-unsaturated/α-hetero) is 1. The van der Waals surface area contributed by atoms with Crippen molar-refractivity contribution in [1.82, 2.24) is 0 Å². The third-order valence-corrected chi connectivity index (χ3v) is 0.870. The van der Waals surface area contributed by atoms with Gasteiger partial charge in [0.25, 0.3) is 0 Å². The third-order valence-electron chi connectivity index (χ3n) is 0.870. The van der Waals surface area contributed by atoms with Crippen molar-refractivity contribution >= 4 is 11.8 Å².